The number of amides is 1. The Morgan fingerprint density at radius 3 is 2.68 bits per heavy atom. The van der Waals surface area contributed by atoms with Crippen LogP contribution in [0.1, 0.15) is 32.6 Å². The zero-order valence-electron chi connectivity index (χ0n) is 11.5. The van der Waals surface area contributed by atoms with Crippen LogP contribution in [0.2, 0.25) is 0 Å². The number of nitrogen functional groups attached to an aromatic ring is 1. The Hall–Kier alpha value is -1.78. The highest BCUT2D eigenvalue weighted by Crippen LogP contribution is 2.39. The number of aromatic nitrogens is 1. The molecule has 102 valence electrons. The van der Waals surface area contributed by atoms with Crippen LogP contribution < -0.4 is 15.5 Å². The van der Waals surface area contributed by atoms with Crippen LogP contribution in [0.25, 0.3) is 0 Å². The first kappa shape index (κ1) is 12.3. The van der Waals surface area contributed by atoms with E-state index in [0.29, 0.717) is 11.9 Å². The Bertz CT molecular complexity index is 510. The Balaban J connectivity index is 2.10. The zero-order valence-corrected chi connectivity index (χ0v) is 11.5. The van der Waals surface area contributed by atoms with Gasteiger partial charge in [-0.15, -0.1) is 0 Å². The molecule has 1 aromatic heterocycles. The number of anilines is 3. The van der Waals surface area contributed by atoms with E-state index in [-0.39, 0.29) is 11.9 Å². The molecule has 1 atom stereocenters. The van der Waals surface area contributed by atoms with Gasteiger partial charge in [0.15, 0.2) is 5.82 Å². The number of carbonyl (C=O) groups excluding carboxylic acids is 1. The molecule has 0 unspecified atom stereocenters. The molecule has 1 fully saturated rings. The van der Waals surface area contributed by atoms with Crippen LogP contribution in [0.3, 0.4) is 0 Å². The first-order valence-corrected chi connectivity index (χ1v) is 6.92. The number of nitrogens with zero attached hydrogens (tertiary/aromatic N) is 3. The smallest absolute Gasteiger partial charge is 0.249 e. The molecule has 19 heavy (non-hydrogen) atoms. The molecule has 0 aromatic carbocycles. The van der Waals surface area contributed by atoms with Gasteiger partial charge >= 0.3 is 0 Å². The van der Waals surface area contributed by atoms with E-state index in [4.69, 9.17) is 5.73 Å². The number of rotatable bonds is 1. The van der Waals surface area contributed by atoms with Crippen LogP contribution in [0.4, 0.5) is 17.3 Å². The standard InChI is InChI=1S/C14H20N4O/c1-9-14(19)17(2)11-7-8-12(15)16-13(11)18(9)10-5-3-4-6-10/h7-10H,3-6H2,1-2H3,(H2,15,16)/t9-/m1/s1. The van der Waals surface area contributed by atoms with Crippen LogP contribution in [0, 0.1) is 0 Å². The van der Waals surface area contributed by atoms with E-state index < -0.39 is 0 Å². The minimum atomic E-state index is -0.158. The number of likely N-dealkylation sites (N-methyl/N-ethyl adjacent to an activating group) is 1. The molecule has 5 nitrogen and oxygen atoms in total. The fraction of sp³-hybridized carbons (Fsp3) is 0.571. The summed E-state index contributed by atoms with van der Waals surface area (Å²) < 4.78 is 0. The maximum absolute atomic E-state index is 12.4. The summed E-state index contributed by atoms with van der Waals surface area (Å²) in [6.45, 7) is 1.96. The molecule has 1 saturated carbocycles. The highest BCUT2D eigenvalue weighted by atomic mass is 16.2. The monoisotopic (exact) mass is 260 g/mol. The first-order chi connectivity index (χ1) is 9.09. The van der Waals surface area contributed by atoms with Crippen molar-refractivity contribution < 1.29 is 4.79 Å². The van der Waals surface area contributed by atoms with Gasteiger partial charge in [-0.25, -0.2) is 4.98 Å². The lowest BCUT2D eigenvalue weighted by atomic mass is 10.1. The van der Waals surface area contributed by atoms with E-state index in [2.05, 4.69) is 9.88 Å². The van der Waals surface area contributed by atoms with E-state index in [1.54, 1.807) is 11.0 Å². The second-order valence-electron chi connectivity index (χ2n) is 5.50. The largest absolute Gasteiger partial charge is 0.384 e. The van der Waals surface area contributed by atoms with Crippen molar-refractivity contribution in [2.75, 3.05) is 22.6 Å². The van der Waals surface area contributed by atoms with Gasteiger partial charge in [-0.3, -0.25) is 4.79 Å². The summed E-state index contributed by atoms with van der Waals surface area (Å²) >= 11 is 0. The maximum atomic E-state index is 12.4. The lowest BCUT2D eigenvalue weighted by molar-refractivity contribution is -0.119. The van der Waals surface area contributed by atoms with Crippen LogP contribution >= 0.6 is 0 Å². The quantitative estimate of drug-likeness (QED) is 0.836. The molecule has 1 aliphatic carbocycles. The Kier molecular flexibility index (Phi) is 2.84. The molecule has 3 rings (SSSR count). The first-order valence-electron chi connectivity index (χ1n) is 6.92. The second-order valence-corrected chi connectivity index (χ2v) is 5.50. The lowest BCUT2D eigenvalue weighted by Gasteiger charge is -2.42. The normalized spacial score (nSPS) is 23.9. The van der Waals surface area contributed by atoms with Crippen molar-refractivity contribution in [2.24, 2.45) is 0 Å². The van der Waals surface area contributed by atoms with Crippen molar-refractivity contribution >= 4 is 23.2 Å². The lowest BCUT2D eigenvalue weighted by Crippen LogP contribution is -2.54. The Morgan fingerprint density at radius 1 is 1.32 bits per heavy atom. The summed E-state index contributed by atoms with van der Waals surface area (Å²) in [6, 6.07) is 3.91. The summed E-state index contributed by atoms with van der Waals surface area (Å²) in [5.74, 6) is 1.50. The summed E-state index contributed by atoms with van der Waals surface area (Å²) in [5.41, 5.74) is 6.69. The summed E-state index contributed by atoms with van der Waals surface area (Å²) in [7, 11) is 1.81. The minimum absolute atomic E-state index is 0.131. The van der Waals surface area contributed by atoms with Gasteiger partial charge in [0.1, 0.15) is 11.9 Å². The predicted molar refractivity (Wildman–Crippen MR) is 76.3 cm³/mol. The van der Waals surface area contributed by atoms with E-state index in [0.717, 1.165) is 24.3 Å². The zero-order chi connectivity index (χ0) is 13.6. The molecule has 1 aliphatic heterocycles. The molecule has 1 aromatic rings. The third-order valence-electron chi connectivity index (χ3n) is 4.31. The van der Waals surface area contributed by atoms with Crippen molar-refractivity contribution in [3.63, 3.8) is 0 Å². The molecule has 0 radical (unpaired) electrons. The van der Waals surface area contributed by atoms with E-state index in [1.807, 2.05) is 20.0 Å². The molecule has 5 heteroatoms. The Labute approximate surface area is 113 Å². The molecular formula is C14H20N4O. The average molecular weight is 260 g/mol. The average Bonchev–Trinajstić information content (AvgIpc) is 2.90. The molecular weight excluding hydrogens is 240 g/mol. The molecule has 1 amide bonds. The minimum Gasteiger partial charge on any atom is -0.384 e. The van der Waals surface area contributed by atoms with Crippen LogP contribution in [0.5, 0.6) is 0 Å². The van der Waals surface area contributed by atoms with Crippen molar-refractivity contribution in [1.82, 2.24) is 4.98 Å². The van der Waals surface area contributed by atoms with E-state index in [9.17, 15) is 4.79 Å². The van der Waals surface area contributed by atoms with Gasteiger partial charge in [-0.1, -0.05) is 12.8 Å². The third-order valence-corrected chi connectivity index (χ3v) is 4.31. The SMILES string of the molecule is C[C@@H]1C(=O)N(C)c2ccc(N)nc2N1C1CCCC1. The van der Waals surface area contributed by atoms with Crippen LogP contribution in [0.15, 0.2) is 12.1 Å². The molecule has 0 bridgehead atoms. The van der Waals surface area contributed by atoms with Gasteiger partial charge in [0, 0.05) is 13.1 Å². The summed E-state index contributed by atoms with van der Waals surface area (Å²) in [6.07, 6.45) is 4.74. The summed E-state index contributed by atoms with van der Waals surface area (Å²) in [5, 5.41) is 0. The maximum Gasteiger partial charge on any atom is 0.249 e. The molecule has 2 heterocycles. The predicted octanol–water partition coefficient (Wildman–Crippen LogP) is 1.78. The van der Waals surface area contributed by atoms with Crippen molar-refractivity contribution in [3.8, 4) is 0 Å². The number of pyridine rings is 1. The number of hydrogen-bond donors (Lipinski definition) is 1. The third kappa shape index (κ3) is 1.84. The molecule has 2 N–H and O–H groups in total. The number of nitrogens with two attached hydrogens (primary N) is 1. The molecule has 0 saturated heterocycles. The number of carbonyl (C=O) groups is 1. The van der Waals surface area contributed by atoms with Gasteiger partial charge < -0.3 is 15.5 Å². The van der Waals surface area contributed by atoms with Gasteiger partial charge in [0.25, 0.3) is 0 Å². The second kappa shape index (κ2) is 4.40. The van der Waals surface area contributed by atoms with Gasteiger partial charge in [0.05, 0.1) is 5.69 Å². The molecule has 0 spiro atoms. The van der Waals surface area contributed by atoms with Crippen molar-refractivity contribution in [3.05, 3.63) is 12.1 Å². The van der Waals surface area contributed by atoms with E-state index >= 15 is 0 Å². The van der Waals surface area contributed by atoms with Crippen LogP contribution in [-0.2, 0) is 4.79 Å². The van der Waals surface area contributed by atoms with E-state index in [1.165, 1.54) is 12.8 Å². The molecule has 2 aliphatic rings. The van der Waals surface area contributed by atoms with Crippen molar-refractivity contribution in [2.45, 2.75) is 44.7 Å². The highest BCUT2D eigenvalue weighted by Gasteiger charge is 2.39. The van der Waals surface area contributed by atoms with Gasteiger partial charge in [-0.2, -0.15) is 0 Å². The van der Waals surface area contributed by atoms with Crippen molar-refractivity contribution in [1.29, 1.82) is 0 Å². The van der Waals surface area contributed by atoms with Crippen LogP contribution in [-0.4, -0.2) is 30.0 Å². The highest BCUT2D eigenvalue weighted by molar-refractivity contribution is 6.04. The van der Waals surface area contributed by atoms with Gasteiger partial charge in [-0.05, 0) is 31.9 Å². The number of hydrogen-bond acceptors (Lipinski definition) is 4. The topological polar surface area (TPSA) is 62.5 Å². The summed E-state index contributed by atoms with van der Waals surface area (Å²) in [4.78, 5) is 20.7. The van der Waals surface area contributed by atoms with Gasteiger partial charge in [0.2, 0.25) is 5.91 Å². The fourth-order valence-corrected chi connectivity index (χ4v) is 3.28. The Morgan fingerprint density at radius 2 is 2.00 bits per heavy atom. The fourth-order valence-electron chi connectivity index (χ4n) is 3.28. The number of fused-ring (bicyclic) bond motifs is 1.